The lowest BCUT2D eigenvalue weighted by Gasteiger charge is -2.39. The molecule has 0 atom stereocenters. The van der Waals surface area contributed by atoms with Crippen LogP contribution in [-0.4, -0.2) is 35.9 Å². The van der Waals surface area contributed by atoms with Crippen LogP contribution in [0.2, 0.25) is 0 Å². The van der Waals surface area contributed by atoms with Crippen molar-refractivity contribution in [3.63, 3.8) is 0 Å². The Morgan fingerprint density at radius 2 is 1.76 bits per heavy atom. The number of carbonyl (C=O) groups excluding carboxylic acids is 1. The molecule has 0 spiro atoms. The van der Waals surface area contributed by atoms with Gasteiger partial charge in [-0.05, 0) is 45.0 Å². The number of nitrogens with zero attached hydrogens (tertiary/aromatic N) is 1. The second-order valence-electron chi connectivity index (χ2n) is 5.67. The molecule has 3 nitrogen and oxygen atoms in total. The first-order valence-electron chi connectivity index (χ1n) is 8.21. The van der Waals surface area contributed by atoms with E-state index in [9.17, 15) is 4.79 Å². The van der Waals surface area contributed by atoms with Crippen molar-refractivity contribution in [3.05, 3.63) is 29.8 Å². The Hall–Kier alpha value is -1.35. The van der Waals surface area contributed by atoms with Crippen LogP contribution in [-0.2, 0) is 0 Å². The number of hydrogen-bond donors (Lipinski definition) is 0. The highest BCUT2D eigenvalue weighted by atomic mass is 16.5. The minimum Gasteiger partial charge on any atom is -0.493 e. The summed E-state index contributed by atoms with van der Waals surface area (Å²) in [4.78, 5) is 15.6. The number of rotatable bonds is 7. The third-order valence-corrected chi connectivity index (χ3v) is 4.65. The van der Waals surface area contributed by atoms with Crippen LogP contribution in [0.5, 0.6) is 5.75 Å². The first kappa shape index (κ1) is 16.0. The fraction of sp³-hybridized carbons (Fsp3) is 0.611. The third-order valence-electron chi connectivity index (χ3n) is 4.65. The quantitative estimate of drug-likeness (QED) is 0.712. The van der Waals surface area contributed by atoms with Crippen molar-refractivity contribution < 1.29 is 9.53 Å². The van der Waals surface area contributed by atoms with E-state index in [-0.39, 0.29) is 11.3 Å². The van der Waals surface area contributed by atoms with E-state index in [1.165, 1.54) is 0 Å². The molecule has 0 heterocycles. The number of ketones is 1. The highest BCUT2D eigenvalue weighted by molar-refractivity contribution is 6.05. The van der Waals surface area contributed by atoms with Gasteiger partial charge < -0.3 is 4.74 Å². The minimum absolute atomic E-state index is 0.243. The van der Waals surface area contributed by atoms with Gasteiger partial charge in [-0.1, -0.05) is 38.8 Å². The van der Waals surface area contributed by atoms with Gasteiger partial charge in [-0.3, -0.25) is 9.69 Å². The van der Waals surface area contributed by atoms with E-state index >= 15 is 0 Å². The predicted molar refractivity (Wildman–Crippen MR) is 86.1 cm³/mol. The van der Waals surface area contributed by atoms with Crippen molar-refractivity contribution in [3.8, 4) is 5.75 Å². The van der Waals surface area contributed by atoms with Crippen molar-refractivity contribution >= 4 is 5.78 Å². The zero-order valence-electron chi connectivity index (χ0n) is 13.5. The molecule has 1 aromatic rings. The molecule has 1 saturated carbocycles. The van der Waals surface area contributed by atoms with Gasteiger partial charge in [-0.2, -0.15) is 0 Å². The van der Waals surface area contributed by atoms with E-state index in [0.29, 0.717) is 6.61 Å². The molecule has 21 heavy (non-hydrogen) atoms. The van der Waals surface area contributed by atoms with E-state index in [2.05, 4.69) is 18.7 Å². The van der Waals surface area contributed by atoms with Gasteiger partial charge in [-0.25, -0.2) is 0 Å². The molecule has 116 valence electrons. The fourth-order valence-corrected chi connectivity index (χ4v) is 3.66. The highest BCUT2D eigenvalue weighted by Crippen LogP contribution is 2.39. The Bertz CT molecular complexity index is 474. The summed E-state index contributed by atoms with van der Waals surface area (Å²) in [6, 6.07) is 7.68. The molecule has 0 radical (unpaired) electrons. The van der Waals surface area contributed by atoms with Crippen LogP contribution >= 0.6 is 0 Å². The summed E-state index contributed by atoms with van der Waals surface area (Å²) >= 11 is 0. The summed E-state index contributed by atoms with van der Waals surface area (Å²) in [5.74, 6) is 0.969. The van der Waals surface area contributed by atoms with Crippen molar-refractivity contribution in [2.45, 2.75) is 52.0 Å². The smallest absolute Gasteiger partial charge is 0.186 e. The van der Waals surface area contributed by atoms with Crippen molar-refractivity contribution in [2.75, 3.05) is 19.7 Å². The minimum atomic E-state index is -0.323. The highest BCUT2D eigenvalue weighted by Gasteiger charge is 2.45. The Labute approximate surface area is 128 Å². The standard InChI is InChI=1S/C18H27NO2/c1-4-19(5-2)18(13-9-10-14-18)17(20)15-11-7-8-12-16(15)21-6-3/h7-8,11-12H,4-6,9-10,13-14H2,1-3H3. The van der Waals surface area contributed by atoms with Crippen molar-refractivity contribution in [1.82, 2.24) is 4.90 Å². The molecule has 0 aliphatic heterocycles. The van der Waals surface area contributed by atoms with E-state index < -0.39 is 0 Å². The number of ether oxygens (including phenoxy) is 1. The molecule has 0 bridgehead atoms. The van der Waals surface area contributed by atoms with E-state index in [1.54, 1.807) is 0 Å². The topological polar surface area (TPSA) is 29.5 Å². The second-order valence-corrected chi connectivity index (χ2v) is 5.67. The molecule has 1 aromatic carbocycles. The Morgan fingerprint density at radius 3 is 2.33 bits per heavy atom. The number of benzene rings is 1. The lowest BCUT2D eigenvalue weighted by atomic mass is 9.85. The summed E-state index contributed by atoms with van der Waals surface area (Å²) in [7, 11) is 0. The molecule has 1 aliphatic rings. The van der Waals surface area contributed by atoms with Crippen LogP contribution in [0.3, 0.4) is 0 Å². The molecule has 0 amide bonds. The zero-order valence-corrected chi connectivity index (χ0v) is 13.5. The maximum Gasteiger partial charge on any atom is 0.186 e. The van der Waals surface area contributed by atoms with Gasteiger partial charge in [0.15, 0.2) is 5.78 Å². The Morgan fingerprint density at radius 1 is 1.14 bits per heavy atom. The summed E-state index contributed by atoms with van der Waals surface area (Å²) in [6.07, 6.45) is 4.21. The molecule has 0 N–H and O–H groups in total. The van der Waals surface area contributed by atoms with Gasteiger partial charge in [0.1, 0.15) is 5.75 Å². The molecule has 2 rings (SSSR count). The monoisotopic (exact) mass is 289 g/mol. The van der Waals surface area contributed by atoms with Crippen LogP contribution < -0.4 is 4.74 Å². The summed E-state index contributed by atoms with van der Waals surface area (Å²) < 4.78 is 5.67. The first-order valence-corrected chi connectivity index (χ1v) is 8.21. The van der Waals surface area contributed by atoms with Crippen LogP contribution in [0, 0.1) is 0 Å². The molecule has 0 saturated heterocycles. The number of hydrogen-bond acceptors (Lipinski definition) is 3. The number of para-hydroxylation sites is 1. The Kier molecular flexibility index (Phi) is 5.40. The van der Waals surface area contributed by atoms with Crippen LogP contribution in [0.1, 0.15) is 56.8 Å². The van der Waals surface area contributed by atoms with E-state index in [1.807, 2.05) is 31.2 Å². The normalized spacial score (nSPS) is 17.1. The van der Waals surface area contributed by atoms with Gasteiger partial charge in [0.05, 0.1) is 17.7 Å². The van der Waals surface area contributed by atoms with Gasteiger partial charge in [0.2, 0.25) is 0 Å². The van der Waals surface area contributed by atoms with E-state index in [0.717, 1.165) is 50.1 Å². The first-order chi connectivity index (χ1) is 10.2. The third kappa shape index (κ3) is 2.98. The summed E-state index contributed by atoms with van der Waals surface area (Å²) in [6.45, 7) is 8.66. The zero-order chi connectivity index (χ0) is 15.3. The molecular weight excluding hydrogens is 262 g/mol. The van der Waals surface area contributed by atoms with Crippen LogP contribution in [0.4, 0.5) is 0 Å². The molecule has 1 fully saturated rings. The van der Waals surface area contributed by atoms with Gasteiger partial charge in [-0.15, -0.1) is 0 Å². The average molecular weight is 289 g/mol. The lowest BCUT2D eigenvalue weighted by molar-refractivity contribution is 0.0580. The van der Waals surface area contributed by atoms with E-state index in [4.69, 9.17) is 4.74 Å². The molecule has 3 heteroatoms. The van der Waals surface area contributed by atoms with Gasteiger partial charge >= 0.3 is 0 Å². The number of carbonyl (C=O) groups is 1. The molecule has 0 aromatic heterocycles. The predicted octanol–water partition coefficient (Wildman–Crippen LogP) is 3.92. The molecular formula is C18H27NO2. The molecule has 0 unspecified atom stereocenters. The van der Waals surface area contributed by atoms with Crippen molar-refractivity contribution in [1.29, 1.82) is 0 Å². The summed E-state index contributed by atoms with van der Waals surface area (Å²) in [5.41, 5.74) is 0.421. The number of Topliss-reactive ketones (excluding diaryl/α,β-unsaturated/α-hetero) is 1. The lowest BCUT2D eigenvalue weighted by Crippen LogP contribution is -2.52. The number of likely N-dealkylation sites (N-methyl/N-ethyl adjacent to an activating group) is 1. The fourth-order valence-electron chi connectivity index (χ4n) is 3.66. The second kappa shape index (κ2) is 7.08. The maximum atomic E-state index is 13.3. The Balaban J connectivity index is 2.40. The SMILES string of the molecule is CCOc1ccccc1C(=O)C1(N(CC)CC)CCCC1. The largest absolute Gasteiger partial charge is 0.493 e. The van der Waals surface area contributed by atoms with Gasteiger partial charge in [0.25, 0.3) is 0 Å². The van der Waals surface area contributed by atoms with Crippen LogP contribution in [0.25, 0.3) is 0 Å². The maximum absolute atomic E-state index is 13.3. The molecule has 1 aliphatic carbocycles. The van der Waals surface area contributed by atoms with Crippen LogP contribution in [0.15, 0.2) is 24.3 Å². The van der Waals surface area contributed by atoms with Gasteiger partial charge in [0, 0.05) is 0 Å². The van der Waals surface area contributed by atoms with Crippen molar-refractivity contribution in [2.24, 2.45) is 0 Å². The average Bonchev–Trinajstić information content (AvgIpc) is 2.99. The summed E-state index contributed by atoms with van der Waals surface area (Å²) in [5, 5.41) is 0.